The zero-order valence-corrected chi connectivity index (χ0v) is 16.2. The summed E-state index contributed by atoms with van der Waals surface area (Å²) >= 11 is 1.38. The van der Waals surface area contributed by atoms with E-state index < -0.39 is 11.5 Å². The Morgan fingerprint density at radius 2 is 2.04 bits per heavy atom. The summed E-state index contributed by atoms with van der Waals surface area (Å²) in [6, 6.07) is 7.40. The largest absolute Gasteiger partial charge is 0.468 e. The normalized spacial score (nSPS) is 17.8. The van der Waals surface area contributed by atoms with Gasteiger partial charge < -0.3 is 15.0 Å². The van der Waals surface area contributed by atoms with Crippen molar-refractivity contribution in [1.82, 2.24) is 9.88 Å². The molecular weight excluding hydrogens is 380 g/mol. The van der Waals surface area contributed by atoms with Gasteiger partial charge in [0.15, 0.2) is 0 Å². The first-order chi connectivity index (χ1) is 13.5. The highest BCUT2D eigenvalue weighted by Crippen LogP contribution is 2.40. The van der Waals surface area contributed by atoms with Crippen molar-refractivity contribution in [3.8, 4) is 0 Å². The van der Waals surface area contributed by atoms with E-state index in [1.807, 2.05) is 18.2 Å². The lowest BCUT2D eigenvalue weighted by Gasteiger charge is -2.47. The van der Waals surface area contributed by atoms with E-state index in [4.69, 9.17) is 4.74 Å². The highest BCUT2D eigenvalue weighted by molar-refractivity contribution is 7.07. The number of thiazole rings is 1. The number of rotatable bonds is 3. The zero-order chi connectivity index (χ0) is 19.7. The van der Waals surface area contributed by atoms with Crippen LogP contribution in [0.4, 0.5) is 11.4 Å². The Morgan fingerprint density at radius 1 is 1.29 bits per heavy atom. The number of nitrogens with one attached hydrogen (secondary N) is 1. The number of hydrogen-bond donors (Lipinski definition) is 1. The van der Waals surface area contributed by atoms with Crippen molar-refractivity contribution < 1.29 is 19.1 Å². The summed E-state index contributed by atoms with van der Waals surface area (Å²) in [7, 11) is 1.30. The van der Waals surface area contributed by atoms with Gasteiger partial charge in [-0.2, -0.15) is 0 Å². The molecule has 0 bridgehead atoms. The van der Waals surface area contributed by atoms with E-state index in [-0.39, 0.29) is 18.4 Å². The number of methoxy groups -OCH3 is 1. The fraction of sp³-hybridized carbons (Fsp3) is 0.368. The van der Waals surface area contributed by atoms with Crippen LogP contribution in [0.5, 0.6) is 0 Å². The number of ether oxygens (including phenoxy) is 1. The lowest BCUT2D eigenvalue weighted by atomic mass is 9.83. The SMILES string of the molecule is COC(=O)CN1C(=O)C2(CCN(C(=O)c3cscn3)CC2)Nc2ccccc21. The van der Waals surface area contributed by atoms with Crippen LogP contribution in [0.2, 0.25) is 0 Å². The van der Waals surface area contributed by atoms with Crippen LogP contribution < -0.4 is 10.2 Å². The van der Waals surface area contributed by atoms with Gasteiger partial charge in [0.1, 0.15) is 17.8 Å². The van der Waals surface area contributed by atoms with Crippen LogP contribution in [-0.2, 0) is 14.3 Å². The first-order valence-electron chi connectivity index (χ1n) is 8.97. The van der Waals surface area contributed by atoms with Gasteiger partial charge in [-0.3, -0.25) is 19.3 Å². The minimum atomic E-state index is -0.846. The van der Waals surface area contributed by atoms with Crippen molar-refractivity contribution >= 4 is 40.5 Å². The number of likely N-dealkylation sites (tertiary alicyclic amines) is 1. The molecule has 1 N–H and O–H groups in total. The van der Waals surface area contributed by atoms with E-state index in [2.05, 4.69) is 10.3 Å². The molecule has 2 aromatic rings. The fourth-order valence-corrected chi connectivity index (χ4v) is 4.28. The number of carbonyl (C=O) groups is 3. The second-order valence-corrected chi connectivity index (χ2v) is 7.58. The van der Waals surface area contributed by atoms with Crippen LogP contribution in [0.15, 0.2) is 35.2 Å². The molecule has 8 nitrogen and oxygen atoms in total. The summed E-state index contributed by atoms with van der Waals surface area (Å²) in [5.41, 5.74) is 2.67. The van der Waals surface area contributed by atoms with Crippen LogP contribution >= 0.6 is 11.3 Å². The van der Waals surface area contributed by atoms with E-state index in [1.54, 1.807) is 21.9 Å². The smallest absolute Gasteiger partial charge is 0.325 e. The van der Waals surface area contributed by atoms with Crippen LogP contribution in [0.3, 0.4) is 0 Å². The average Bonchev–Trinajstić information content (AvgIpc) is 3.26. The lowest BCUT2D eigenvalue weighted by molar-refractivity contribution is -0.140. The maximum absolute atomic E-state index is 13.4. The Bertz CT molecular complexity index is 906. The van der Waals surface area contributed by atoms with Crippen LogP contribution in [0, 0.1) is 0 Å². The molecule has 2 amide bonds. The first-order valence-corrected chi connectivity index (χ1v) is 9.92. The van der Waals surface area contributed by atoms with Gasteiger partial charge >= 0.3 is 5.97 Å². The number of benzene rings is 1. The number of nitrogens with zero attached hydrogens (tertiary/aromatic N) is 3. The van der Waals surface area contributed by atoms with Crippen LogP contribution in [0.25, 0.3) is 0 Å². The van der Waals surface area contributed by atoms with Crippen molar-refractivity contribution in [3.05, 3.63) is 40.8 Å². The van der Waals surface area contributed by atoms with E-state index in [0.717, 1.165) is 5.69 Å². The number of fused-ring (bicyclic) bond motifs is 1. The Morgan fingerprint density at radius 3 is 2.71 bits per heavy atom. The molecule has 0 unspecified atom stereocenters. The van der Waals surface area contributed by atoms with Gasteiger partial charge in [-0.25, -0.2) is 4.98 Å². The fourth-order valence-electron chi connectivity index (χ4n) is 3.75. The number of amides is 2. The molecule has 0 atom stereocenters. The molecule has 9 heteroatoms. The number of carbonyl (C=O) groups excluding carboxylic acids is 3. The molecule has 0 radical (unpaired) electrons. The molecule has 2 aliphatic heterocycles. The minimum Gasteiger partial charge on any atom is -0.468 e. The highest BCUT2D eigenvalue weighted by Gasteiger charge is 2.48. The number of hydrogen-bond acceptors (Lipinski definition) is 7. The molecule has 1 aromatic heterocycles. The molecule has 4 rings (SSSR count). The molecule has 3 heterocycles. The Hall–Kier alpha value is -2.94. The number of esters is 1. The van der Waals surface area contributed by atoms with E-state index in [0.29, 0.717) is 37.3 Å². The van der Waals surface area contributed by atoms with Crippen molar-refractivity contribution in [1.29, 1.82) is 0 Å². The Labute approximate surface area is 166 Å². The van der Waals surface area contributed by atoms with Gasteiger partial charge in [-0.15, -0.1) is 11.3 Å². The topological polar surface area (TPSA) is 91.8 Å². The van der Waals surface area contributed by atoms with Gasteiger partial charge in [0.2, 0.25) is 0 Å². The zero-order valence-electron chi connectivity index (χ0n) is 15.4. The average molecular weight is 400 g/mol. The molecular formula is C19H20N4O4S. The summed E-state index contributed by atoms with van der Waals surface area (Å²) in [5.74, 6) is -0.764. The predicted molar refractivity (Wildman–Crippen MR) is 104 cm³/mol. The molecule has 1 saturated heterocycles. The molecule has 1 fully saturated rings. The van der Waals surface area contributed by atoms with Gasteiger partial charge in [-0.05, 0) is 25.0 Å². The van der Waals surface area contributed by atoms with Crippen molar-refractivity contribution in [2.24, 2.45) is 0 Å². The molecule has 28 heavy (non-hydrogen) atoms. The molecule has 1 spiro atoms. The summed E-state index contributed by atoms with van der Waals surface area (Å²) in [6.45, 7) is 0.726. The molecule has 2 aliphatic rings. The van der Waals surface area contributed by atoms with Gasteiger partial charge in [-0.1, -0.05) is 12.1 Å². The lowest BCUT2D eigenvalue weighted by Crippen LogP contribution is -2.63. The quantitative estimate of drug-likeness (QED) is 0.790. The summed E-state index contributed by atoms with van der Waals surface area (Å²) < 4.78 is 4.77. The minimum absolute atomic E-state index is 0.119. The Balaban J connectivity index is 1.57. The third-order valence-electron chi connectivity index (χ3n) is 5.29. The maximum Gasteiger partial charge on any atom is 0.325 e. The maximum atomic E-state index is 13.4. The molecule has 0 saturated carbocycles. The number of para-hydroxylation sites is 2. The standard InChI is InChI=1S/C19H20N4O4S/c1-27-16(24)10-23-15-5-3-2-4-13(15)21-19(18(23)26)6-8-22(9-7-19)17(25)14-11-28-12-20-14/h2-5,11-12,21H,6-10H2,1H3. The third-order valence-corrected chi connectivity index (χ3v) is 5.88. The monoisotopic (exact) mass is 400 g/mol. The molecule has 1 aromatic carbocycles. The summed E-state index contributed by atoms with van der Waals surface area (Å²) in [6.07, 6.45) is 0.904. The summed E-state index contributed by atoms with van der Waals surface area (Å²) in [5, 5.41) is 5.11. The molecule has 0 aliphatic carbocycles. The van der Waals surface area contributed by atoms with Crippen LogP contribution in [0.1, 0.15) is 23.3 Å². The van der Waals surface area contributed by atoms with Gasteiger partial charge in [0.05, 0.1) is 24.0 Å². The van der Waals surface area contributed by atoms with E-state index in [9.17, 15) is 14.4 Å². The molecule has 146 valence electrons. The van der Waals surface area contributed by atoms with Crippen molar-refractivity contribution in [2.75, 3.05) is 37.0 Å². The first kappa shape index (κ1) is 18.4. The second-order valence-electron chi connectivity index (χ2n) is 6.86. The van der Waals surface area contributed by atoms with E-state index >= 15 is 0 Å². The van der Waals surface area contributed by atoms with Crippen molar-refractivity contribution in [3.63, 3.8) is 0 Å². The number of anilines is 2. The Kier molecular flexibility index (Phi) is 4.76. The predicted octanol–water partition coefficient (Wildman–Crippen LogP) is 1.75. The second kappa shape index (κ2) is 7.23. The third kappa shape index (κ3) is 3.11. The van der Waals surface area contributed by atoms with Crippen molar-refractivity contribution in [2.45, 2.75) is 18.4 Å². The van der Waals surface area contributed by atoms with Crippen LogP contribution in [-0.4, -0.2) is 60.0 Å². The summed E-state index contributed by atoms with van der Waals surface area (Å²) in [4.78, 5) is 45.1. The van der Waals surface area contributed by atoms with E-state index in [1.165, 1.54) is 23.3 Å². The van der Waals surface area contributed by atoms with Gasteiger partial charge in [0, 0.05) is 18.5 Å². The van der Waals surface area contributed by atoms with Gasteiger partial charge in [0.25, 0.3) is 11.8 Å². The highest BCUT2D eigenvalue weighted by atomic mass is 32.1. The number of aromatic nitrogens is 1. The number of piperidine rings is 1.